The Balaban J connectivity index is 2.42. The lowest BCUT2D eigenvalue weighted by Crippen LogP contribution is -2.13. The molecule has 22 heavy (non-hydrogen) atoms. The van der Waals surface area contributed by atoms with Gasteiger partial charge in [0.05, 0.1) is 5.41 Å². The average molecular weight is 417 g/mol. The van der Waals surface area contributed by atoms with Crippen molar-refractivity contribution in [3.63, 3.8) is 0 Å². The molecule has 1 nitrogen and oxygen atoms in total. The summed E-state index contributed by atoms with van der Waals surface area (Å²) in [5.41, 5.74) is 0.556. The molecule has 0 atom stereocenters. The van der Waals surface area contributed by atoms with E-state index in [1.165, 1.54) is 0 Å². The molecular formula is C14H11BrClF4NS. The Morgan fingerprint density at radius 2 is 1.73 bits per heavy atom. The standard InChI is InChI=1S/C14H11BrClF4NS/c15-12-6-7-14(21-9-12)22(17,18,19,20)10-13(16)8-11-4-2-1-3-5-11/h1-7,9-10H,8H2. The van der Waals surface area contributed by atoms with Gasteiger partial charge in [0.1, 0.15) is 0 Å². The van der Waals surface area contributed by atoms with Crippen molar-refractivity contribution < 1.29 is 15.5 Å². The zero-order valence-corrected chi connectivity index (χ0v) is 14.2. The highest BCUT2D eigenvalue weighted by molar-refractivity contribution is 9.10. The van der Waals surface area contributed by atoms with Crippen LogP contribution in [-0.2, 0) is 6.42 Å². The molecule has 0 unspecified atom stereocenters. The Hall–Kier alpha value is -1.05. The van der Waals surface area contributed by atoms with Crippen LogP contribution in [-0.4, -0.2) is 4.98 Å². The molecule has 0 saturated carbocycles. The highest BCUT2D eigenvalue weighted by Crippen LogP contribution is 3.01. The quantitative estimate of drug-likeness (QED) is 0.492. The van der Waals surface area contributed by atoms with Crippen LogP contribution in [0.5, 0.6) is 0 Å². The van der Waals surface area contributed by atoms with Crippen molar-refractivity contribution in [3.8, 4) is 0 Å². The van der Waals surface area contributed by atoms with Crippen LogP contribution in [0.2, 0.25) is 0 Å². The Labute approximate surface area is 138 Å². The molecule has 0 bridgehead atoms. The monoisotopic (exact) mass is 415 g/mol. The smallest absolute Gasteiger partial charge is 0.219 e. The third-order valence-corrected chi connectivity index (χ3v) is 5.43. The van der Waals surface area contributed by atoms with E-state index < -0.39 is 25.3 Å². The first-order chi connectivity index (χ1) is 9.99. The molecule has 0 aliphatic carbocycles. The number of halogens is 6. The highest BCUT2D eigenvalue weighted by atomic mass is 79.9. The first-order valence-corrected chi connectivity index (χ1v) is 9.31. The van der Waals surface area contributed by atoms with Gasteiger partial charge in [0.25, 0.3) is 0 Å². The first-order valence-electron chi connectivity index (χ1n) is 6.02. The lowest BCUT2D eigenvalue weighted by molar-refractivity contribution is 0.458. The molecule has 1 aromatic carbocycles. The van der Waals surface area contributed by atoms with Gasteiger partial charge in [-0.25, -0.2) is 4.98 Å². The second-order valence-electron chi connectivity index (χ2n) is 4.67. The summed E-state index contributed by atoms with van der Waals surface area (Å²) < 4.78 is 57.0. The number of nitrogens with zero attached hydrogens (tertiary/aromatic N) is 1. The Bertz CT molecular complexity index is 713. The SMILES string of the molecule is FS(F)(F)(F)(C=C(Cl)Cc1ccccc1)c1ccc(Br)cn1. The normalized spacial score (nSPS) is 16.0. The summed E-state index contributed by atoms with van der Waals surface area (Å²) in [5.74, 6) is 0. The second kappa shape index (κ2) is 5.25. The van der Waals surface area contributed by atoms with Gasteiger partial charge in [0.2, 0.25) is 9.84 Å². The van der Waals surface area contributed by atoms with Crippen molar-refractivity contribution in [3.05, 3.63) is 69.1 Å². The Morgan fingerprint density at radius 1 is 1.09 bits per heavy atom. The topological polar surface area (TPSA) is 12.9 Å². The number of allylic oxidation sites excluding steroid dienone is 1. The maximum absolute atomic E-state index is 14.2. The fraction of sp³-hybridized carbons (Fsp3) is 0.0714. The van der Waals surface area contributed by atoms with E-state index in [2.05, 4.69) is 20.9 Å². The Morgan fingerprint density at radius 3 is 2.27 bits per heavy atom. The minimum atomic E-state index is -8.67. The van der Waals surface area contributed by atoms with Crippen LogP contribution in [0.3, 0.4) is 0 Å². The molecular weight excluding hydrogens is 406 g/mol. The lowest BCUT2D eigenvalue weighted by atomic mass is 10.1. The molecule has 2 aromatic rings. The van der Waals surface area contributed by atoms with E-state index in [9.17, 15) is 15.5 Å². The molecule has 0 amide bonds. The molecule has 0 spiro atoms. The molecule has 120 valence electrons. The first kappa shape index (κ1) is 17.3. The minimum absolute atomic E-state index is 0.208. The Kier molecular flexibility index (Phi) is 4.13. The van der Waals surface area contributed by atoms with Gasteiger partial charge < -0.3 is 0 Å². The predicted molar refractivity (Wildman–Crippen MR) is 86.3 cm³/mol. The van der Waals surface area contributed by atoms with Gasteiger partial charge in [0, 0.05) is 22.1 Å². The second-order valence-corrected chi connectivity index (χ2v) is 9.00. The molecule has 0 N–H and O–H groups in total. The third kappa shape index (κ3) is 4.24. The van der Waals surface area contributed by atoms with Crippen molar-refractivity contribution in [2.75, 3.05) is 0 Å². The van der Waals surface area contributed by atoms with E-state index in [0.717, 1.165) is 12.3 Å². The minimum Gasteiger partial charge on any atom is -0.242 e. The summed E-state index contributed by atoms with van der Waals surface area (Å²) in [5, 5.41) is -2.63. The van der Waals surface area contributed by atoms with Gasteiger partial charge in [0.15, 0.2) is 5.03 Å². The van der Waals surface area contributed by atoms with Crippen LogP contribution >= 0.6 is 37.4 Å². The molecule has 1 heterocycles. The van der Waals surface area contributed by atoms with Crippen LogP contribution in [0.25, 0.3) is 0 Å². The van der Waals surface area contributed by atoms with Crippen molar-refractivity contribution in [1.29, 1.82) is 0 Å². The molecule has 2 rings (SSSR count). The van der Waals surface area contributed by atoms with Gasteiger partial charge in [-0.3, -0.25) is 0 Å². The van der Waals surface area contributed by atoms with Crippen LogP contribution in [0.4, 0.5) is 15.5 Å². The van der Waals surface area contributed by atoms with Crippen LogP contribution in [0, 0.1) is 0 Å². The van der Waals surface area contributed by atoms with Gasteiger partial charge in [-0.2, -0.15) is 0 Å². The van der Waals surface area contributed by atoms with Crippen molar-refractivity contribution in [1.82, 2.24) is 4.98 Å². The van der Waals surface area contributed by atoms with Crippen LogP contribution in [0.1, 0.15) is 5.56 Å². The number of hydrogen-bond donors (Lipinski definition) is 0. The lowest BCUT2D eigenvalue weighted by Gasteiger charge is -2.46. The molecule has 8 heteroatoms. The maximum Gasteiger partial charge on any atom is 0.219 e. The summed E-state index contributed by atoms with van der Waals surface area (Å²) >= 11 is 8.62. The fourth-order valence-corrected chi connectivity index (χ4v) is 4.04. The number of pyridine rings is 1. The fourth-order valence-electron chi connectivity index (χ4n) is 1.76. The molecule has 0 radical (unpaired) electrons. The van der Waals surface area contributed by atoms with Crippen molar-refractivity contribution in [2.45, 2.75) is 11.4 Å². The van der Waals surface area contributed by atoms with E-state index in [1.54, 1.807) is 30.3 Å². The summed E-state index contributed by atoms with van der Waals surface area (Å²) in [6.07, 6.45) is 0.688. The molecule has 0 aliphatic rings. The van der Waals surface area contributed by atoms with E-state index in [0.29, 0.717) is 16.1 Å². The number of aromatic nitrogens is 1. The van der Waals surface area contributed by atoms with E-state index >= 15 is 0 Å². The van der Waals surface area contributed by atoms with Crippen LogP contribution < -0.4 is 0 Å². The number of rotatable bonds is 4. The summed E-state index contributed by atoms with van der Waals surface area (Å²) in [6.45, 7) is 0. The summed E-state index contributed by atoms with van der Waals surface area (Å²) in [6, 6.07) is 9.96. The van der Waals surface area contributed by atoms with Gasteiger partial charge >= 0.3 is 0 Å². The zero-order valence-electron chi connectivity index (χ0n) is 11.0. The summed E-state index contributed by atoms with van der Waals surface area (Å²) in [4.78, 5) is 3.16. The van der Waals surface area contributed by atoms with Gasteiger partial charge in [-0.05, 0) is 33.6 Å². The zero-order chi connectivity index (χ0) is 16.5. The van der Waals surface area contributed by atoms with Crippen molar-refractivity contribution >= 4 is 37.4 Å². The summed E-state index contributed by atoms with van der Waals surface area (Å²) in [7, 11) is -8.67. The number of benzene rings is 1. The molecule has 0 aliphatic heterocycles. The average Bonchev–Trinajstić information content (AvgIpc) is 2.38. The van der Waals surface area contributed by atoms with E-state index in [4.69, 9.17) is 11.6 Å². The van der Waals surface area contributed by atoms with Crippen molar-refractivity contribution in [2.24, 2.45) is 0 Å². The van der Waals surface area contributed by atoms with E-state index in [-0.39, 0.29) is 6.42 Å². The largest absolute Gasteiger partial charge is 0.242 e. The molecule has 1 aromatic heterocycles. The van der Waals surface area contributed by atoms with E-state index in [1.807, 2.05) is 0 Å². The third-order valence-electron chi connectivity index (χ3n) is 2.72. The number of hydrogen-bond acceptors (Lipinski definition) is 1. The van der Waals surface area contributed by atoms with Gasteiger partial charge in [-0.1, -0.05) is 41.9 Å². The molecule has 0 fully saturated rings. The molecule has 0 saturated heterocycles. The maximum atomic E-state index is 14.2. The highest BCUT2D eigenvalue weighted by Gasteiger charge is 2.64. The van der Waals surface area contributed by atoms with Gasteiger partial charge in [-0.15, -0.1) is 15.5 Å². The predicted octanol–water partition coefficient (Wildman–Crippen LogP) is 6.94. The van der Waals surface area contributed by atoms with Crippen LogP contribution in [0.15, 0.2) is 68.6 Å².